The summed E-state index contributed by atoms with van der Waals surface area (Å²) in [6, 6.07) is 21.5. The van der Waals surface area contributed by atoms with Gasteiger partial charge in [-0.15, -0.1) is 0 Å². The van der Waals surface area contributed by atoms with Crippen LogP contribution in [0.25, 0.3) is 22.0 Å². The SMILES string of the molecule is CCOc1ccc(C(=O)Oc2c(Br)cc(Br)cc2C=NNC(=O)c2[nH]c3c(I)cccc3c2-c2ccccc2Cl)cc1OCC. The number of para-hydroxylation sites is 1. The number of fused-ring (bicyclic) bond motifs is 1. The van der Waals surface area contributed by atoms with Gasteiger partial charge in [-0.05, 0) is 94.8 Å². The zero-order chi connectivity index (χ0) is 32.1. The fraction of sp³-hybridized carbons (Fsp3) is 0.121. The molecule has 0 fully saturated rings. The molecule has 0 unspecified atom stereocenters. The van der Waals surface area contributed by atoms with Crippen molar-refractivity contribution in [1.29, 1.82) is 0 Å². The van der Waals surface area contributed by atoms with Crippen molar-refractivity contribution in [1.82, 2.24) is 10.4 Å². The third-order valence-corrected chi connectivity index (χ3v) is 8.81. The number of H-pyrrole nitrogens is 1. The van der Waals surface area contributed by atoms with Crippen molar-refractivity contribution >= 4 is 95.0 Å². The van der Waals surface area contributed by atoms with Gasteiger partial charge in [0.15, 0.2) is 17.2 Å². The van der Waals surface area contributed by atoms with Gasteiger partial charge in [0.25, 0.3) is 5.91 Å². The van der Waals surface area contributed by atoms with Gasteiger partial charge in [0.05, 0.1) is 35.0 Å². The van der Waals surface area contributed by atoms with E-state index in [9.17, 15) is 9.59 Å². The lowest BCUT2D eigenvalue weighted by atomic mass is 10.0. The van der Waals surface area contributed by atoms with E-state index in [0.29, 0.717) is 61.1 Å². The van der Waals surface area contributed by atoms with Crippen LogP contribution in [-0.4, -0.2) is 36.3 Å². The number of rotatable bonds is 10. The Kier molecular flexibility index (Phi) is 10.9. The van der Waals surface area contributed by atoms with Gasteiger partial charge < -0.3 is 19.2 Å². The Morgan fingerprint density at radius 3 is 2.49 bits per heavy atom. The first kappa shape index (κ1) is 33.0. The fourth-order valence-electron chi connectivity index (χ4n) is 4.63. The number of hydrogen-bond acceptors (Lipinski definition) is 6. The summed E-state index contributed by atoms with van der Waals surface area (Å²) < 4.78 is 19.2. The van der Waals surface area contributed by atoms with E-state index in [0.717, 1.165) is 14.5 Å². The number of benzene rings is 4. The minimum atomic E-state index is -0.613. The molecule has 45 heavy (non-hydrogen) atoms. The Balaban J connectivity index is 1.43. The minimum Gasteiger partial charge on any atom is -0.490 e. The molecule has 230 valence electrons. The van der Waals surface area contributed by atoms with Crippen LogP contribution < -0.4 is 19.6 Å². The Morgan fingerprint density at radius 1 is 0.978 bits per heavy atom. The van der Waals surface area contributed by atoms with Crippen LogP contribution in [0.4, 0.5) is 0 Å². The van der Waals surface area contributed by atoms with E-state index in [4.69, 9.17) is 25.8 Å². The van der Waals surface area contributed by atoms with Crippen molar-refractivity contribution in [2.24, 2.45) is 5.10 Å². The number of hydrogen-bond donors (Lipinski definition) is 2. The maximum absolute atomic E-state index is 13.5. The van der Waals surface area contributed by atoms with E-state index in [-0.39, 0.29) is 11.3 Å². The van der Waals surface area contributed by atoms with Gasteiger partial charge in [0, 0.05) is 35.1 Å². The van der Waals surface area contributed by atoms with E-state index >= 15 is 0 Å². The second-order valence-corrected chi connectivity index (χ2v) is 12.8. The van der Waals surface area contributed by atoms with Gasteiger partial charge in [0.2, 0.25) is 0 Å². The van der Waals surface area contributed by atoms with Crippen LogP contribution in [0.1, 0.15) is 40.3 Å². The van der Waals surface area contributed by atoms with Crippen LogP contribution in [0.15, 0.2) is 86.8 Å². The summed E-state index contributed by atoms with van der Waals surface area (Å²) in [6.45, 7) is 4.57. The molecule has 0 atom stereocenters. The van der Waals surface area contributed by atoms with Crippen molar-refractivity contribution in [3.63, 3.8) is 0 Å². The third-order valence-electron chi connectivity index (χ3n) is 6.53. The zero-order valence-corrected chi connectivity index (χ0v) is 30.0. The molecule has 0 bridgehead atoms. The number of amides is 1. The van der Waals surface area contributed by atoms with Gasteiger partial charge in [0.1, 0.15) is 5.69 Å². The molecule has 0 saturated carbocycles. The molecular weight excluding hydrogens is 841 g/mol. The molecule has 0 aliphatic carbocycles. The summed E-state index contributed by atoms with van der Waals surface area (Å²) in [5, 5.41) is 5.58. The second-order valence-electron chi connectivity index (χ2n) is 9.44. The van der Waals surface area contributed by atoms with Crippen molar-refractivity contribution in [2.75, 3.05) is 13.2 Å². The number of hydrazone groups is 1. The van der Waals surface area contributed by atoms with Crippen LogP contribution in [-0.2, 0) is 0 Å². The van der Waals surface area contributed by atoms with E-state index in [1.54, 1.807) is 36.4 Å². The van der Waals surface area contributed by atoms with Crippen LogP contribution in [0.2, 0.25) is 5.02 Å². The first-order valence-corrected chi connectivity index (χ1v) is 16.7. The summed E-state index contributed by atoms with van der Waals surface area (Å²) in [4.78, 5) is 30.0. The molecular formula is C33H25Br2ClIN3O5. The molecule has 0 aliphatic heterocycles. The highest BCUT2D eigenvalue weighted by Gasteiger charge is 2.22. The van der Waals surface area contributed by atoms with Crippen molar-refractivity contribution in [3.8, 4) is 28.4 Å². The molecule has 1 heterocycles. The number of aromatic amines is 1. The standard InChI is InChI=1S/C33H25Br2ClIN3O5/c1-3-43-26-13-12-18(15-27(26)44-4-2)33(42)45-31-19(14-20(34)16-23(31)35)17-38-40-32(41)30-28(21-8-5-6-10-24(21)36)22-9-7-11-25(37)29(22)39-30/h5-17,39H,3-4H2,1-2H3,(H,40,41). The molecule has 0 spiro atoms. The molecule has 5 rings (SSSR count). The number of halogens is 4. The largest absolute Gasteiger partial charge is 0.490 e. The van der Waals surface area contributed by atoms with Gasteiger partial charge in [-0.1, -0.05) is 57.9 Å². The van der Waals surface area contributed by atoms with E-state index in [1.807, 2.05) is 50.2 Å². The fourth-order valence-corrected chi connectivity index (χ4v) is 6.83. The maximum atomic E-state index is 13.5. The van der Waals surface area contributed by atoms with E-state index in [2.05, 4.69) is 70.0 Å². The molecule has 0 saturated heterocycles. The second kappa shape index (κ2) is 14.8. The summed E-state index contributed by atoms with van der Waals surface area (Å²) in [6.07, 6.45) is 1.40. The Bertz CT molecular complexity index is 1950. The predicted octanol–water partition coefficient (Wildman–Crippen LogP) is 9.40. The monoisotopic (exact) mass is 863 g/mol. The van der Waals surface area contributed by atoms with Gasteiger partial charge in [-0.25, -0.2) is 10.2 Å². The highest BCUT2D eigenvalue weighted by Crippen LogP contribution is 2.38. The van der Waals surface area contributed by atoms with Crippen LogP contribution >= 0.6 is 66.1 Å². The minimum absolute atomic E-state index is 0.213. The van der Waals surface area contributed by atoms with Gasteiger partial charge >= 0.3 is 5.97 Å². The first-order chi connectivity index (χ1) is 21.7. The van der Waals surface area contributed by atoms with Crippen molar-refractivity contribution < 1.29 is 23.8 Å². The number of carbonyl (C=O) groups is 2. The molecule has 1 amide bonds. The lowest BCUT2D eigenvalue weighted by Gasteiger charge is -2.13. The third kappa shape index (κ3) is 7.37. The Hall–Kier alpha value is -3.39. The summed E-state index contributed by atoms with van der Waals surface area (Å²) in [5.74, 6) is 0.101. The topological polar surface area (TPSA) is 102 Å². The number of ether oxygens (including phenoxy) is 3. The number of esters is 1. The summed E-state index contributed by atoms with van der Waals surface area (Å²) >= 11 is 15.7. The van der Waals surface area contributed by atoms with E-state index in [1.165, 1.54) is 6.21 Å². The number of aromatic nitrogens is 1. The van der Waals surface area contributed by atoms with Gasteiger partial charge in [-0.2, -0.15) is 5.10 Å². The molecule has 5 aromatic rings. The van der Waals surface area contributed by atoms with Gasteiger partial charge in [-0.3, -0.25) is 4.79 Å². The average Bonchev–Trinajstić information content (AvgIpc) is 3.41. The van der Waals surface area contributed by atoms with E-state index < -0.39 is 11.9 Å². The van der Waals surface area contributed by atoms with Crippen molar-refractivity contribution in [3.05, 3.63) is 107 Å². The lowest BCUT2D eigenvalue weighted by molar-refractivity contribution is 0.0732. The van der Waals surface area contributed by atoms with Crippen LogP contribution in [0.5, 0.6) is 17.2 Å². The molecule has 1 aromatic heterocycles. The Morgan fingerprint density at radius 2 is 1.73 bits per heavy atom. The smallest absolute Gasteiger partial charge is 0.343 e. The van der Waals surface area contributed by atoms with Crippen LogP contribution in [0, 0.1) is 3.57 Å². The molecule has 0 radical (unpaired) electrons. The van der Waals surface area contributed by atoms with Crippen LogP contribution in [0.3, 0.4) is 0 Å². The lowest BCUT2D eigenvalue weighted by Crippen LogP contribution is -2.19. The zero-order valence-electron chi connectivity index (χ0n) is 23.9. The molecule has 2 N–H and O–H groups in total. The molecule has 8 nitrogen and oxygen atoms in total. The average molecular weight is 866 g/mol. The number of nitrogens with one attached hydrogen (secondary N) is 2. The highest BCUT2D eigenvalue weighted by atomic mass is 127. The normalized spacial score (nSPS) is 11.2. The number of carbonyl (C=O) groups excluding carboxylic acids is 2. The molecule has 0 aliphatic rings. The quantitative estimate of drug-likeness (QED) is 0.0479. The summed E-state index contributed by atoms with van der Waals surface area (Å²) in [5.41, 5.74) is 5.81. The van der Waals surface area contributed by atoms with Crippen molar-refractivity contribution in [2.45, 2.75) is 13.8 Å². The number of nitrogens with zero attached hydrogens (tertiary/aromatic N) is 1. The first-order valence-electron chi connectivity index (χ1n) is 13.7. The predicted molar refractivity (Wildman–Crippen MR) is 192 cm³/mol. The molecule has 4 aromatic carbocycles. The molecule has 12 heteroatoms. The highest BCUT2D eigenvalue weighted by molar-refractivity contribution is 14.1. The summed E-state index contributed by atoms with van der Waals surface area (Å²) in [7, 11) is 0. The maximum Gasteiger partial charge on any atom is 0.343 e. The Labute approximate surface area is 294 Å².